The fraction of sp³-hybridized carbons (Fsp3) is 0.400. The molecule has 4 rings (SSSR count). The van der Waals surface area contributed by atoms with Crippen LogP contribution in [0.5, 0.6) is 11.5 Å². The van der Waals surface area contributed by atoms with E-state index in [-0.39, 0.29) is 6.04 Å². The number of carbonyl (C=O) groups is 1. The van der Waals surface area contributed by atoms with Crippen molar-refractivity contribution in [1.29, 1.82) is 0 Å². The average molecular weight is 443 g/mol. The van der Waals surface area contributed by atoms with E-state index in [1.807, 2.05) is 12.1 Å². The van der Waals surface area contributed by atoms with Crippen LogP contribution < -0.4 is 15.0 Å². The Balaban J connectivity index is 1.58. The smallest absolute Gasteiger partial charge is 0.417 e. The lowest BCUT2D eigenvalue weighted by molar-refractivity contribution is -0.139. The second-order valence-corrected chi connectivity index (χ2v) is 7.56. The third-order valence-electron chi connectivity index (χ3n) is 5.20. The van der Waals surface area contributed by atoms with Crippen molar-refractivity contribution in [2.45, 2.75) is 31.6 Å². The number of pyridine rings is 1. The van der Waals surface area contributed by atoms with Gasteiger partial charge in [0.25, 0.3) is 5.56 Å². The summed E-state index contributed by atoms with van der Waals surface area (Å²) in [7, 11) is 0. The van der Waals surface area contributed by atoms with Gasteiger partial charge in [0.15, 0.2) is 11.5 Å². The van der Waals surface area contributed by atoms with Crippen LogP contribution in [-0.2, 0) is 17.5 Å². The first-order valence-corrected chi connectivity index (χ1v) is 9.78. The molecule has 0 aliphatic carbocycles. The summed E-state index contributed by atoms with van der Waals surface area (Å²) in [6.07, 6.45) is -2.61. The van der Waals surface area contributed by atoms with Gasteiger partial charge in [-0.3, -0.25) is 9.59 Å². The molecule has 0 N–H and O–H groups in total. The molecule has 160 valence electrons. The van der Waals surface area contributed by atoms with Gasteiger partial charge in [-0.2, -0.15) is 13.2 Å². The molecule has 10 heteroatoms. The van der Waals surface area contributed by atoms with Crippen LogP contribution in [-0.4, -0.2) is 35.1 Å². The molecule has 1 amide bonds. The van der Waals surface area contributed by atoms with Crippen LogP contribution >= 0.6 is 11.6 Å². The largest absolute Gasteiger partial charge is 0.486 e. The molecule has 0 spiro atoms. The SMILES string of the molecule is O=C(Cn1cc(C(F)(F)F)cc(Cl)c1=O)N1CCC[C@H]1c1ccc2c(c1)OCCO2. The van der Waals surface area contributed by atoms with Crippen molar-refractivity contribution >= 4 is 17.5 Å². The minimum atomic E-state index is -4.68. The molecule has 30 heavy (non-hydrogen) atoms. The summed E-state index contributed by atoms with van der Waals surface area (Å²) >= 11 is 5.68. The maximum absolute atomic E-state index is 13.0. The van der Waals surface area contributed by atoms with Crippen molar-refractivity contribution in [3.05, 3.63) is 57.0 Å². The van der Waals surface area contributed by atoms with Gasteiger partial charge in [-0.05, 0) is 36.6 Å². The predicted molar refractivity (Wildman–Crippen MR) is 102 cm³/mol. The molecule has 1 fully saturated rings. The number of halogens is 4. The summed E-state index contributed by atoms with van der Waals surface area (Å²) in [6.45, 7) is 0.820. The maximum Gasteiger partial charge on any atom is 0.417 e. The molecule has 1 aromatic heterocycles. The Morgan fingerprint density at radius 1 is 1.17 bits per heavy atom. The van der Waals surface area contributed by atoms with E-state index in [0.29, 0.717) is 54.5 Å². The number of hydrogen-bond acceptors (Lipinski definition) is 4. The van der Waals surface area contributed by atoms with Crippen molar-refractivity contribution in [3.63, 3.8) is 0 Å². The number of hydrogen-bond donors (Lipinski definition) is 0. The molecule has 1 saturated heterocycles. The van der Waals surface area contributed by atoms with Crippen LogP contribution in [0.3, 0.4) is 0 Å². The summed E-state index contributed by atoms with van der Waals surface area (Å²) < 4.78 is 51.0. The quantitative estimate of drug-likeness (QED) is 0.728. The lowest BCUT2D eigenvalue weighted by Gasteiger charge is -2.27. The van der Waals surface area contributed by atoms with Crippen LogP contribution in [0.25, 0.3) is 0 Å². The van der Waals surface area contributed by atoms with Gasteiger partial charge in [0.1, 0.15) is 24.8 Å². The highest BCUT2D eigenvalue weighted by Crippen LogP contribution is 2.38. The number of ether oxygens (including phenoxy) is 2. The number of nitrogens with zero attached hydrogens (tertiary/aromatic N) is 2. The molecule has 2 aliphatic heterocycles. The van der Waals surface area contributed by atoms with Gasteiger partial charge in [0.05, 0.1) is 11.6 Å². The lowest BCUT2D eigenvalue weighted by Crippen LogP contribution is -2.36. The molecular formula is C20H18ClF3N2O4. The number of alkyl halides is 3. The molecule has 0 unspecified atom stereocenters. The third kappa shape index (κ3) is 3.98. The second kappa shape index (κ2) is 7.86. The fourth-order valence-corrected chi connectivity index (χ4v) is 4.01. The summed E-state index contributed by atoms with van der Waals surface area (Å²) in [5.41, 5.74) is -1.07. The van der Waals surface area contributed by atoms with Crippen LogP contribution in [0.4, 0.5) is 13.2 Å². The van der Waals surface area contributed by atoms with Crippen LogP contribution in [0.1, 0.15) is 30.0 Å². The van der Waals surface area contributed by atoms with Gasteiger partial charge in [0, 0.05) is 12.7 Å². The Kier molecular flexibility index (Phi) is 5.40. The summed E-state index contributed by atoms with van der Waals surface area (Å²) in [5, 5.41) is -0.581. The normalized spacial score (nSPS) is 18.5. The van der Waals surface area contributed by atoms with Gasteiger partial charge in [0.2, 0.25) is 5.91 Å². The first kappa shape index (κ1) is 20.6. The number of likely N-dealkylation sites (tertiary alicyclic amines) is 1. The highest BCUT2D eigenvalue weighted by molar-refractivity contribution is 6.30. The minimum Gasteiger partial charge on any atom is -0.486 e. The zero-order valence-corrected chi connectivity index (χ0v) is 16.5. The van der Waals surface area contributed by atoms with Crippen LogP contribution in [0, 0.1) is 0 Å². The fourth-order valence-electron chi connectivity index (χ4n) is 3.79. The third-order valence-corrected chi connectivity index (χ3v) is 5.47. The minimum absolute atomic E-state index is 0.259. The Morgan fingerprint density at radius 2 is 1.90 bits per heavy atom. The first-order chi connectivity index (χ1) is 14.2. The van der Waals surface area contributed by atoms with Crippen molar-refractivity contribution in [2.75, 3.05) is 19.8 Å². The highest BCUT2D eigenvalue weighted by Gasteiger charge is 2.34. The standard InChI is InChI=1S/C20H18ClF3N2O4/c21-14-9-13(20(22,23)24)10-25(19(14)28)11-18(27)26-5-1-2-15(26)12-3-4-16-17(8-12)30-7-6-29-16/h3-4,8-10,15H,1-2,5-7,11H2/t15-/m0/s1. The molecule has 0 radical (unpaired) electrons. The van der Waals surface area contributed by atoms with E-state index in [1.54, 1.807) is 11.0 Å². The second-order valence-electron chi connectivity index (χ2n) is 7.16. The predicted octanol–water partition coefficient (Wildman–Crippen LogP) is 3.66. The molecule has 3 heterocycles. The maximum atomic E-state index is 13.0. The molecule has 6 nitrogen and oxygen atoms in total. The number of carbonyl (C=O) groups excluding carboxylic acids is 1. The number of rotatable bonds is 3. The number of fused-ring (bicyclic) bond motifs is 1. The number of benzene rings is 1. The van der Waals surface area contributed by atoms with E-state index in [2.05, 4.69) is 0 Å². The van der Waals surface area contributed by atoms with Gasteiger partial charge in [-0.1, -0.05) is 17.7 Å². The van der Waals surface area contributed by atoms with Gasteiger partial charge in [-0.15, -0.1) is 0 Å². The zero-order valence-electron chi connectivity index (χ0n) is 15.7. The molecule has 0 saturated carbocycles. The Labute approximate surface area is 174 Å². The van der Waals surface area contributed by atoms with E-state index in [9.17, 15) is 22.8 Å². The molecular weight excluding hydrogens is 425 g/mol. The molecule has 0 bridgehead atoms. The monoisotopic (exact) mass is 442 g/mol. The van der Waals surface area contributed by atoms with Gasteiger partial charge >= 0.3 is 6.18 Å². The Morgan fingerprint density at radius 3 is 2.63 bits per heavy atom. The van der Waals surface area contributed by atoms with E-state index >= 15 is 0 Å². The van der Waals surface area contributed by atoms with Gasteiger partial charge < -0.3 is 18.9 Å². The van der Waals surface area contributed by atoms with E-state index in [4.69, 9.17) is 21.1 Å². The topological polar surface area (TPSA) is 60.8 Å². The van der Waals surface area contributed by atoms with Crippen LogP contribution in [0.15, 0.2) is 35.3 Å². The van der Waals surface area contributed by atoms with Gasteiger partial charge in [-0.25, -0.2) is 0 Å². The summed E-state index contributed by atoms with van der Waals surface area (Å²) in [4.78, 5) is 26.6. The average Bonchev–Trinajstić information content (AvgIpc) is 3.20. The number of aromatic nitrogens is 1. The van der Waals surface area contributed by atoms with Crippen molar-refractivity contribution in [1.82, 2.24) is 9.47 Å². The molecule has 1 atom stereocenters. The summed E-state index contributed by atoms with van der Waals surface area (Å²) in [6, 6.07) is 5.75. The van der Waals surface area contributed by atoms with Crippen molar-refractivity contribution < 1.29 is 27.4 Å². The summed E-state index contributed by atoms with van der Waals surface area (Å²) in [5.74, 6) is 0.773. The number of amides is 1. The van der Waals surface area contributed by atoms with E-state index in [0.717, 1.165) is 12.0 Å². The Bertz CT molecular complexity index is 1040. The van der Waals surface area contributed by atoms with Crippen LogP contribution in [0.2, 0.25) is 5.02 Å². The van der Waals surface area contributed by atoms with E-state index < -0.39 is 34.8 Å². The molecule has 2 aliphatic rings. The molecule has 2 aromatic rings. The van der Waals surface area contributed by atoms with E-state index in [1.165, 1.54) is 0 Å². The first-order valence-electron chi connectivity index (χ1n) is 9.40. The van der Waals surface area contributed by atoms with Crippen molar-refractivity contribution in [3.8, 4) is 11.5 Å². The van der Waals surface area contributed by atoms with Crippen molar-refractivity contribution in [2.24, 2.45) is 0 Å². The zero-order chi connectivity index (χ0) is 21.5. The molecule has 1 aromatic carbocycles. The Hall–Kier alpha value is -2.68. The lowest BCUT2D eigenvalue weighted by atomic mass is 10.0. The highest BCUT2D eigenvalue weighted by atomic mass is 35.5.